The van der Waals surface area contributed by atoms with Gasteiger partial charge in [0, 0.05) is 10.0 Å². The van der Waals surface area contributed by atoms with Crippen LogP contribution in [-0.2, 0) is 11.2 Å². The van der Waals surface area contributed by atoms with Crippen LogP contribution in [0, 0.1) is 0 Å². The third-order valence-electron chi connectivity index (χ3n) is 2.49. The zero-order valence-electron chi connectivity index (χ0n) is 8.84. The Hall–Kier alpha value is -1.62. The zero-order chi connectivity index (χ0) is 12.3. The van der Waals surface area contributed by atoms with Crippen molar-refractivity contribution in [2.24, 2.45) is 0 Å². The highest BCUT2D eigenvalue weighted by atomic mass is 79.9. The van der Waals surface area contributed by atoms with E-state index in [4.69, 9.17) is 4.52 Å². The van der Waals surface area contributed by atoms with Gasteiger partial charge in [0.05, 0.1) is 12.1 Å². The third kappa shape index (κ3) is 2.94. The first-order valence-corrected chi connectivity index (χ1v) is 5.82. The molecule has 0 bridgehead atoms. The van der Waals surface area contributed by atoms with Gasteiger partial charge in [0.15, 0.2) is 0 Å². The standard InChI is InChI=1S/C12H10BrNO3/c13-10-3-1-9(2-4-10)11(12(15)16)5-8-6-14-17-7-8/h1-4,6-7,11H,5H2,(H,15,16). The molecule has 2 rings (SSSR count). The van der Waals surface area contributed by atoms with E-state index >= 15 is 0 Å². The Morgan fingerprint density at radius 1 is 1.41 bits per heavy atom. The Kier molecular flexibility index (Phi) is 3.58. The van der Waals surface area contributed by atoms with Crippen molar-refractivity contribution in [3.8, 4) is 0 Å². The van der Waals surface area contributed by atoms with Crippen LogP contribution in [0.3, 0.4) is 0 Å². The highest BCUT2D eigenvalue weighted by Crippen LogP contribution is 2.23. The molecule has 0 radical (unpaired) electrons. The van der Waals surface area contributed by atoms with Crippen LogP contribution in [0.4, 0.5) is 0 Å². The Morgan fingerprint density at radius 3 is 2.65 bits per heavy atom. The minimum atomic E-state index is -0.853. The van der Waals surface area contributed by atoms with E-state index in [0.717, 1.165) is 15.6 Å². The summed E-state index contributed by atoms with van der Waals surface area (Å²) in [6, 6.07) is 7.27. The number of rotatable bonds is 4. The van der Waals surface area contributed by atoms with E-state index in [1.54, 1.807) is 12.1 Å². The minimum Gasteiger partial charge on any atom is -0.481 e. The second-order valence-corrected chi connectivity index (χ2v) is 4.59. The molecule has 1 heterocycles. The van der Waals surface area contributed by atoms with Crippen molar-refractivity contribution in [2.45, 2.75) is 12.3 Å². The number of carbonyl (C=O) groups is 1. The summed E-state index contributed by atoms with van der Waals surface area (Å²) < 4.78 is 5.63. The maximum atomic E-state index is 11.2. The molecule has 17 heavy (non-hydrogen) atoms. The molecule has 0 aliphatic carbocycles. The topological polar surface area (TPSA) is 63.3 Å². The average molecular weight is 296 g/mol. The van der Waals surface area contributed by atoms with Gasteiger partial charge in [-0.05, 0) is 24.1 Å². The lowest BCUT2D eigenvalue weighted by Crippen LogP contribution is -2.14. The van der Waals surface area contributed by atoms with Gasteiger partial charge in [-0.3, -0.25) is 4.79 Å². The molecule has 2 aromatic rings. The second kappa shape index (κ2) is 5.14. The summed E-state index contributed by atoms with van der Waals surface area (Å²) in [5, 5.41) is 12.8. The van der Waals surface area contributed by atoms with Crippen LogP contribution in [0.25, 0.3) is 0 Å². The molecule has 88 valence electrons. The van der Waals surface area contributed by atoms with Crippen LogP contribution >= 0.6 is 15.9 Å². The molecule has 0 saturated heterocycles. The predicted octanol–water partition coefficient (Wildman–Crippen LogP) is 2.85. The summed E-state index contributed by atoms with van der Waals surface area (Å²) in [5.74, 6) is -1.43. The van der Waals surface area contributed by atoms with Gasteiger partial charge in [0.2, 0.25) is 0 Å². The van der Waals surface area contributed by atoms with E-state index in [1.807, 2.05) is 12.1 Å². The lowest BCUT2D eigenvalue weighted by Gasteiger charge is -2.11. The molecular weight excluding hydrogens is 286 g/mol. The van der Waals surface area contributed by atoms with E-state index in [9.17, 15) is 9.90 Å². The van der Waals surface area contributed by atoms with Crippen molar-refractivity contribution in [3.05, 3.63) is 52.3 Å². The molecule has 4 nitrogen and oxygen atoms in total. The van der Waals surface area contributed by atoms with Gasteiger partial charge in [-0.1, -0.05) is 33.2 Å². The molecule has 1 unspecified atom stereocenters. The van der Waals surface area contributed by atoms with Gasteiger partial charge >= 0.3 is 5.97 Å². The molecule has 0 spiro atoms. The first-order chi connectivity index (χ1) is 8.16. The zero-order valence-corrected chi connectivity index (χ0v) is 10.4. The van der Waals surface area contributed by atoms with Gasteiger partial charge in [-0.2, -0.15) is 0 Å². The summed E-state index contributed by atoms with van der Waals surface area (Å²) >= 11 is 3.32. The number of carboxylic acid groups (broad SMARTS) is 1. The fourth-order valence-electron chi connectivity index (χ4n) is 1.61. The van der Waals surface area contributed by atoms with Crippen molar-refractivity contribution in [1.82, 2.24) is 5.16 Å². The lowest BCUT2D eigenvalue weighted by molar-refractivity contribution is -0.138. The summed E-state index contributed by atoms with van der Waals surface area (Å²) in [5.41, 5.74) is 1.54. The average Bonchev–Trinajstić information content (AvgIpc) is 2.80. The number of aliphatic carboxylic acids is 1. The van der Waals surface area contributed by atoms with Crippen LogP contribution in [0.2, 0.25) is 0 Å². The number of hydrogen-bond donors (Lipinski definition) is 1. The highest BCUT2D eigenvalue weighted by molar-refractivity contribution is 9.10. The lowest BCUT2D eigenvalue weighted by atomic mass is 9.93. The first-order valence-electron chi connectivity index (χ1n) is 5.03. The molecule has 0 fully saturated rings. The van der Waals surface area contributed by atoms with Crippen molar-refractivity contribution in [2.75, 3.05) is 0 Å². The summed E-state index contributed by atoms with van der Waals surface area (Å²) in [7, 11) is 0. The van der Waals surface area contributed by atoms with Gasteiger partial charge in [0.1, 0.15) is 6.26 Å². The smallest absolute Gasteiger partial charge is 0.311 e. The molecule has 1 aromatic heterocycles. The number of benzene rings is 1. The van der Waals surface area contributed by atoms with Crippen LogP contribution < -0.4 is 0 Å². The third-order valence-corrected chi connectivity index (χ3v) is 3.02. The van der Waals surface area contributed by atoms with Crippen molar-refractivity contribution >= 4 is 21.9 Å². The molecule has 1 aromatic carbocycles. The monoisotopic (exact) mass is 295 g/mol. The second-order valence-electron chi connectivity index (χ2n) is 3.68. The van der Waals surface area contributed by atoms with Gasteiger partial charge in [0.25, 0.3) is 0 Å². The van der Waals surface area contributed by atoms with Gasteiger partial charge in [-0.25, -0.2) is 0 Å². The normalized spacial score (nSPS) is 12.3. The Morgan fingerprint density at radius 2 is 2.12 bits per heavy atom. The fourth-order valence-corrected chi connectivity index (χ4v) is 1.87. The predicted molar refractivity (Wildman–Crippen MR) is 64.7 cm³/mol. The van der Waals surface area contributed by atoms with Crippen molar-refractivity contribution < 1.29 is 14.4 Å². The van der Waals surface area contributed by atoms with Crippen LogP contribution in [0.1, 0.15) is 17.0 Å². The van der Waals surface area contributed by atoms with Crippen molar-refractivity contribution in [1.29, 1.82) is 0 Å². The molecule has 0 amide bonds. The fraction of sp³-hybridized carbons (Fsp3) is 0.167. The van der Waals surface area contributed by atoms with E-state index in [0.29, 0.717) is 6.42 Å². The van der Waals surface area contributed by atoms with E-state index in [2.05, 4.69) is 21.1 Å². The minimum absolute atomic E-state index is 0.375. The maximum Gasteiger partial charge on any atom is 0.311 e. The van der Waals surface area contributed by atoms with E-state index in [-0.39, 0.29) is 0 Å². The Bertz CT molecular complexity index is 493. The number of aromatic nitrogens is 1. The molecular formula is C12H10BrNO3. The number of carboxylic acids is 1. The summed E-state index contributed by atoms with van der Waals surface area (Å²) in [6.45, 7) is 0. The quantitative estimate of drug-likeness (QED) is 0.942. The van der Waals surface area contributed by atoms with E-state index < -0.39 is 11.9 Å². The molecule has 1 atom stereocenters. The number of halogens is 1. The molecule has 1 N–H and O–H groups in total. The summed E-state index contributed by atoms with van der Waals surface area (Å²) in [4.78, 5) is 11.2. The highest BCUT2D eigenvalue weighted by Gasteiger charge is 2.20. The van der Waals surface area contributed by atoms with E-state index in [1.165, 1.54) is 12.5 Å². The number of nitrogens with zero attached hydrogens (tertiary/aromatic N) is 1. The summed E-state index contributed by atoms with van der Waals surface area (Å²) in [6.07, 6.45) is 3.38. The molecule has 0 aliphatic rings. The molecule has 0 aliphatic heterocycles. The first kappa shape index (κ1) is 11.9. The van der Waals surface area contributed by atoms with Gasteiger partial charge in [-0.15, -0.1) is 0 Å². The van der Waals surface area contributed by atoms with Crippen LogP contribution in [-0.4, -0.2) is 16.2 Å². The van der Waals surface area contributed by atoms with Crippen LogP contribution in [0.15, 0.2) is 45.7 Å². The number of hydrogen-bond acceptors (Lipinski definition) is 3. The van der Waals surface area contributed by atoms with Crippen LogP contribution in [0.5, 0.6) is 0 Å². The Balaban J connectivity index is 2.23. The largest absolute Gasteiger partial charge is 0.481 e. The SMILES string of the molecule is O=C(O)C(Cc1cnoc1)c1ccc(Br)cc1. The molecule has 5 heteroatoms. The Labute approximate surface area is 106 Å². The van der Waals surface area contributed by atoms with Crippen molar-refractivity contribution in [3.63, 3.8) is 0 Å². The molecule has 0 saturated carbocycles. The maximum absolute atomic E-state index is 11.2. The van der Waals surface area contributed by atoms with Gasteiger partial charge < -0.3 is 9.63 Å².